The van der Waals surface area contributed by atoms with Crippen LogP contribution in [0.4, 0.5) is 20.6 Å². The normalized spacial score (nSPS) is 16.2. The lowest BCUT2D eigenvalue weighted by Crippen LogP contribution is -2.52. The highest BCUT2D eigenvalue weighted by Crippen LogP contribution is 2.25. The highest BCUT2D eigenvalue weighted by Gasteiger charge is 2.29. The molecule has 1 aromatic heterocycles. The van der Waals surface area contributed by atoms with E-state index >= 15 is 0 Å². The van der Waals surface area contributed by atoms with Crippen molar-refractivity contribution in [1.29, 1.82) is 5.41 Å². The van der Waals surface area contributed by atoms with Crippen molar-refractivity contribution in [2.24, 2.45) is 4.99 Å². The number of hydrogen-bond donors (Lipinski definition) is 1. The van der Waals surface area contributed by atoms with Gasteiger partial charge in [0.2, 0.25) is 5.96 Å². The number of thiazole rings is 1. The van der Waals surface area contributed by atoms with Crippen LogP contribution in [-0.4, -0.2) is 91.2 Å². The Bertz CT molecular complexity index is 1470. The Morgan fingerprint density at radius 3 is 2.27 bits per heavy atom. The van der Waals surface area contributed by atoms with Crippen molar-refractivity contribution in [2.75, 3.05) is 64.1 Å². The Morgan fingerprint density at radius 1 is 1.00 bits per heavy atom. The fourth-order valence-electron chi connectivity index (χ4n) is 5.09. The van der Waals surface area contributed by atoms with Crippen molar-refractivity contribution in [3.8, 4) is 11.3 Å². The second kappa shape index (κ2) is 14.4. The molecule has 10 nitrogen and oxygen atoms in total. The van der Waals surface area contributed by atoms with Gasteiger partial charge in [-0.05, 0) is 69.2 Å². The summed E-state index contributed by atoms with van der Waals surface area (Å²) >= 11 is 1.51. The number of hydrogen-bond acceptors (Lipinski definition) is 8. The summed E-state index contributed by atoms with van der Waals surface area (Å²) in [7, 11) is 0. The number of benzene rings is 2. The van der Waals surface area contributed by atoms with Crippen LogP contribution >= 0.6 is 11.3 Å². The molecule has 2 fully saturated rings. The standard InChI is InChI=1S/C32H41FN6O4S/c1-32(2,3)43-31(40)39(29(34)37-17-21-42-22-18-37)14-4-13-38-28(23-44-30(38)35-26-9-7-25(33)8-10-26)24-5-11-27(12-6-24)36-15-19-41-20-16-36/h5-12,23,34H,4,13-22H2,1-3H3. The highest BCUT2D eigenvalue weighted by molar-refractivity contribution is 7.07. The zero-order valence-corrected chi connectivity index (χ0v) is 26.4. The monoisotopic (exact) mass is 624 g/mol. The SMILES string of the molecule is CC(C)(C)OC(=O)N(CCCn1c(-c2ccc(N3CCOCC3)cc2)csc1=Nc1ccc(F)cc1)C(=N)N1CCOCC1. The number of carbonyl (C=O) groups is 1. The Morgan fingerprint density at radius 2 is 1.64 bits per heavy atom. The minimum absolute atomic E-state index is 0.119. The van der Waals surface area contributed by atoms with Crippen molar-refractivity contribution in [3.05, 3.63) is 64.5 Å². The van der Waals surface area contributed by atoms with Crippen LogP contribution in [0, 0.1) is 11.2 Å². The van der Waals surface area contributed by atoms with Gasteiger partial charge < -0.3 is 28.6 Å². The molecule has 3 aromatic rings. The Labute approximate surface area is 261 Å². The van der Waals surface area contributed by atoms with Crippen LogP contribution in [0.3, 0.4) is 0 Å². The molecular formula is C32H41FN6O4S. The van der Waals surface area contributed by atoms with Crippen LogP contribution in [-0.2, 0) is 20.8 Å². The van der Waals surface area contributed by atoms with Gasteiger partial charge in [0.25, 0.3) is 0 Å². The zero-order valence-electron chi connectivity index (χ0n) is 25.6. The molecule has 1 N–H and O–H groups in total. The van der Waals surface area contributed by atoms with Gasteiger partial charge in [0.05, 0.1) is 37.8 Å². The van der Waals surface area contributed by atoms with Gasteiger partial charge in [-0.2, -0.15) is 0 Å². The number of carbonyl (C=O) groups excluding carboxylic acids is 1. The van der Waals surface area contributed by atoms with Gasteiger partial charge in [-0.25, -0.2) is 19.1 Å². The third-order valence-corrected chi connectivity index (χ3v) is 8.20. The Hall–Kier alpha value is -3.74. The van der Waals surface area contributed by atoms with Gasteiger partial charge in [0.15, 0.2) is 4.80 Å². The second-order valence-corrected chi connectivity index (χ2v) is 12.5. The summed E-state index contributed by atoms with van der Waals surface area (Å²) in [5, 5.41) is 10.9. The molecule has 2 aliphatic rings. The van der Waals surface area contributed by atoms with Crippen LogP contribution in [0.2, 0.25) is 0 Å². The number of halogens is 1. The maximum absolute atomic E-state index is 13.6. The lowest BCUT2D eigenvalue weighted by atomic mass is 10.1. The molecule has 5 rings (SSSR count). The summed E-state index contributed by atoms with van der Waals surface area (Å²) in [6, 6.07) is 14.6. The smallest absolute Gasteiger partial charge is 0.417 e. The van der Waals surface area contributed by atoms with Crippen molar-refractivity contribution in [2.45, 2.75) is 39.3 Å². The van der Waals surface area contributed by atoms with E-state index in [1.54, 1.807) is 12.1 Å². The molecule has 0 atom stereocenters. The first kappa shape index (κ1) is 31.7. The molecular weight excluding hydrogens is 583 g/mol. The molecule has 0 bridgehead atoms. The summed E-state index contributed by atoms with van der Waals surface area (Å²) in [6.07, 6.45) is 0.0116. The van der Waals surface area contributed by atoms with E-state index in [0.717, 1.165) is 48.0 Å². The van der Waals surface area contributed by atoms with Crippen LogP contribution < -0.4 is 9.70 Å². The largest absolute Gasteiger partial charge is 0.443 e. The Kier molecular flexibility index (Phi) is 10.3. The van der Waals surface area contributed by atoms with E-state index in [-0.39, 0.29) is 11.8 Å². The highest BCUT2D eigenvalue weighted by atomic mass is 32.1. The van der Waals surface area contributed by atoms with Crippen LogP contribution in [0.1, 0.15) is 27.2 Å². The minimum Gasteiger partial charge on any atom is -0.443 e. The summed E-state index contributed by atoms with van der Waals surface area (Å²) < 4.78 is 32.4. The molecule has 0 radical (unpaired) electrons. The summed E-state index contributed by atoms with van der Waals surface area (Å²) in [6.45, 7) is 11.6. The number of rotatable bonds is 7. The Balaban J connectivity index is 1.40. The van der Waals surface area contributed by atoms with Gasteiger partial charge >= 0.3 is 6.09 Å². The number of nitrogens with one attached hydrogen (secondary N) is 1. The molecule has 12 heteroatoms. The van der Waals surface area contributed by atoms with Gasteiger partial charge in [0.1, 0.15) is 11.4 Å². The molecule has 236 valence electrons. The van der Waals surface area contributed by atoms with Gasteiger partial charge in [-0.1, -0.05) is 12.1 Å². The number of guanidine groups is 1. The lowest BCUT2D eigenvalue weighted by molar-refractivity contribution is 0.0292. The van der Waals surface area contributed by atoms with Crippen LogP contribution in [0.25, 0.3) is 11.3 Å². The third kappa shape index (κ3) is 8.25. The van der Waals surface area contributed by atoms with E-state index in [9.17, 15) is 9.18 Å². The summed E-state index contributed by atoms with van der Waals surface area (Å²) in [5.74, 6) is -0.193. The van der Waals surface area contributed by atoms with Gasteiger partial charge in [0, 0.05) is 50.3 Å². The van der Waals surface area contributed by atoms with E-state index < -0.39 is 11.7 Å². The van der Waals surface area contributed by atoms with E-state index in [1.807, 2.05) is 25.7 Å². The number of anilines is 1. The fourth-order valence-corrected chi connectivity index (χ4v) is 6.04. The first-order valence-electron chi connectivity index (χ1n) is 15.0. The quantitative estimate of drug-likeness (QED) is 0.283. The van der Waals surface area contributed by atoms with Crippen molar-refractivity contribution in [1.82, 2.24) is 14.4 Å². The molecule has 2 aromatic carbocycles. The number of nitrogens with zero attached hydrogens (tertiary/aromatic N) is 5. The lowest BCUT2D eigenvalue weighted by Gasteiger charge is -2.35. The van der Waals surface area contributed by atoms with Crippen molar-refractivity contribution < 1.29 is 23.4 Å². The first-order valence-corrected chi connectivity index (χ1v) is 15.9. The minimum atomic E-state index is -0.690. The molecule has 0 aliphatic carbocycles. The molecule has 2 aliphatic heterocycles. The molecule has 0 saturated carbocycles. The third-order valence-electron chi connectivity index (χ3n) is 7.33. The van der Waals surface area contributed by atoms with Crippen LogP contribution in [0.15, 0.2) is 58.9 Å². The van der Waals surface area contributed by atoms with E-state index in [0.29, 0.717) is 51.5 Å². The molecule has 44 heavy (non-hydrogen) atoms. The maximum atomic E-state index is 13.6. The fraction of sp³-hybridized carbons (Fsp3) is 0.469. The maximum Gasteiger partial charge on any atom is 0.417 e. The molecule has 1 amide bonds. The molecule has 2 saturated heterocycles. The number of ether oxygens (including phenoxy) is 3. The van der Waals surface area contributed by atoms with Crippen molar-refractivity contribution in [3.63, 3.8) is 0 Å². The number of morpholine rings is 2. The molecule has 0 spiro atoms. The first-order chi connectivity index (χ1) is 21.2. The van der Waals surface area contributed by atoms with Crippen molar-refractivity contribution >= 4 is 34.8 Å². The van der Waals surface area contributed by atoms with Gasteiger partial charge in [-0.3, -0.25) is 5.41 Å². The number of aromatic nitrogens is 1. The average Bonchev–Trinajstić information content (AvgIpc) is 3.42. The molecule has 0 unspecified atom stereocenters. The predicted molar refractivity (Wildman–Crippen MR) is 170 cm³/mol. The predicted octanol–water partition coefficient (Wildman–Crippen LogP) is 5.32. The summed E-state index contributed by atoms with van der Waals surface area (Å²) in [4.78, 5) is 24.4. The molecule has 3 heterocycles. The van der Waals surface area contributed by atoms with E-state index in [2.05, 4.69) is 39.1 Å². The zero-order chi connectivity index (χ0) is 31.1. The average molecular weight is 625 g/mol. The second-order valence-electron chi connectivity index (χ2n) is 11.7. The van der Waals surface area contributed by atoms with Crippen LogP contribution in [0.5, 0.6) is 0 Å². The number of amides is 1. The van der Waals surface area contributed by atoms with E-state index in [4.69, 9.17) is 24.6 Å². The van der Waals surface area contributed by atoms with Gasteiger partial charge in [-0.15, -0.1) is 11.3 Å². The topological polar surface area (TPSA) is 95.6 Å². The summed E-state index contributed by atoms with van der Waals surface area (Å²) in [5.41, 5.74) is 3.16. The van der Waals surface area contributed by atoms with E-state index in [1.165, 1.54) is 28.4 Å².